The molecule has 1 aromatic heterocycles. The first-order valence-electron chi connectivity index (χ1n) is 7.22. The summed E-state index contributed by atoms with van der Waals surface area (Å²) < 4.78 is 33.1. The average molecular weight is 338 g/mol. The van der Waals surface area contributed by atoms with E-state index >= 15 is 0 Å². The van der Waals surface area contributed by atoms with Gasteiger partial charge in [0.15, 0.2) is 0 Å². The van der Waals surface area contributed by atoms with Crippen LogP contribution in [0.4, 0.5) is 0 Å². The first kappa shape index (κ1) is 15.6. The van der Waals surface area contributed by atoms with Gasteiger partial charge in [-0.1, -0.05) is 25.1 Å². The molecule has 0 spiro atoms. The van der Waals surface area contributed by atoms with Gasteiger partial charge in [0.1, 0.15) is 11.1 Å². The fourth-order valence-corrected chi connectivity index (χ4v) is 4.97. The number of hydrogen-bond acceptors (Lipinski definition) is 5. The third-order valence-corrected chi connectivity index (χ3v) is 6.56. The highest BCUT2D eigenvalue weighted by Crippen LogP contribution is 2.28. The molecule has 1 aromatic carbocycles. The maximum absolute atomic E-state index is 12.9. The van der Waals surface area contributed by atoms with E-state index in [-0.39, 0.29) is 6.10 Å². The number of benzene rings is 1. The van der Waals surface area contributed by atoms with Crippen molar-refractivity contribution in [2.24, 2.45) is 0 Å². The summed E-state index contributed by atoms with van der Waals surface area (Å²) in [5.41, 5.74) is 0.847. The second-order valence-corrected chi connectivity index (χ2v) is 7.89. The zero-order chi connectivity index (χ0) is 15.6. The molecule has 0 unspecified atom stereocenters. The molecule has 0 amide bonds. The maximum atomic E-state index is 12.9. The summed E-state index contributed by atoms with van der Waals surface area (Å²) in [6, 6.07) is 7.19. The van der Waals surface area contributed by atoms with E-state index in [1.807, 2.05) is 24.4 Å². The van der Waals surface area contributed by atoms with Crippen molar-refractivity contribution >= 4 is 21.4 Å². The molecule has 3 rings (SSSR count). The van der Waals surface area contributed by atoms with Gasteiger partial charge in [0.25, 0.3) is 0 Å². The molecule has 0 bridgehead atoms. The lowest BCUT2D eigenvalue weighted by Gasteiger charge is -2.31. The van der Waals surface area contributed by atoms with Crippen molar-refractivity contribution in [1.82, 2.24) is 9.29 Å². The summed E-state index contributed by atoms with van der Waals surface area (Å²) in [5.74, 6) is 0. The standard InChI is InChI=1S/C15H18N2O3S2/c1-2-12-5-3-4-6-14(12)22(18,19)17-8-9-20-13(11-17)15-16-7-10-21-15/h3-7,10,13H,2,8-9,11H2,1H3/t13-/m1/s1. The Morgan fingerprint density at radius 2 is 2.23 bits per heavy atom. The van der Waals surface area contributed by atoms with Gasteiger partial charge in [-0.25, -0.2) is 13.4 Å². The van der Waals surface area contributed by atoms with Crippen molar-refractivity contribution in [3.63, 3.8) is 0 Å². The number of hydrogen-bond donors (Lipinski definition) is 0. The maximum Gasteiger partial charge on any atom is 0.243 e. The Bertz CT molecular complexity index is 729. The predicted octanol–water partition coefficient (Wildman–Crippen LogP) is 2.47. The van der Waals surface area contributed by atoms with Gasteiger partial charge >= 0.3 is 0 Å². The number of nitrogens with zero attached hydrogens (tertiary/aromatic N) is 2. The first-order chi connectivity index (χ1) is 10.6. The Labute approximate surface area is 134 Å². The van der Waals surface area contributed by atoms with Crippen molar-refractivity contribution < 1.29 is 13.2 Å². The van der Waals surface area contributed by atoms with Crippen LogP contribution in [0.1, 0.15) is 23.6 Å². The molecule has 0 aliphatic carbocycles. The lowest BCUT2D eigenvalue weighted by molar-refractivity contribution is -0.00267. The van der Waals surface area contributed by atoms with E-state index in [1.165, 1.54) is 15.6 Å². The molecule has 7 heteroatoms. The third-order valence-electron chi connectivity index (χ3n) is 3.73. The van der Waals surface area contributed by atoms with Gasteiger partial charge < -0.3 is 4.74 Å². The van der Waals surface area contributed by atoms with Gasteiger partial charge in [-0.15, -0.1) is 11.3 Å². The molecule has 1 saturated heterocycles. The summed E-state index contributed by atoms with van der Waals surface area (Å²) in [6.45, 7) is 3.04. The number of ether oxygens (including phenoxy) is 1. The van der Waals surface area contributed by atoms with Gasteiger partial charge in [-0.3, -0.25) is 0 Å². The Balaban J connectivity index is 1.89. The minimum absolute atomic E-state index is 0.280. The van der Waals surface area contributed by atoms with Gasteiger partial charge in [0.05, 0.1) is 11.5 Å². The highest BCUT2D eigenvalue weighted by molar-refractivity contribution is 7.89. The van der Waals surface area contributed by atoms with E-state index in [0.717, 1.165) is 10.6 Å². The quantitative estimate of drug-likeness (QED) is 0.859. The van der Waals surface area contributed by atoms with Crippen LogP contribution < -0.4 is 0 Å². The molecule has 0 N–H and O–H groups in total. The molecule has 0 saturated carbocycles. The predicted molar refractivity (Wildman–Crippen MR) is 85.4 cm³/mol. The average Bonchev–Trinajstić information content (AvgIpc) is 3.09. The summed E-state index contributed by atoms with van der Waals surface area (Å²) in [7, 11) is -3.50. The molecule has 22 heavy (non-hydrogen) atoms. The molecule has 1 atom stereocenters. The van der Waals surface area contributed by atoms with Gasteiger partial charge in [0, 0.05) is 24.7 Å². The molecular formula is C15H18N2O3S2. The molecule has 1 aliphatic heterocycles. The summed E-state index contributed by atoms with van der Waals surface area (Å²) in [5, 5.41) is 2.70. The van der Waals surface area contributed by atoms with Crippen LogP contribution in [0.25, 0.3) is 0 Å². The van der Waals surface area contributed by atoms with E-state index < -0.39 is 10.0 Å². The second kappa shape index (κ2) is 6.45. The highest BCUT2D eigenvalue weighted by atomic mass is 32.2. The van der Waals surface area contributed by atoms with Crippen molar-refractivity contribution in [3.8, 4) is 0 Å². The van der Waals surface area contributed by atoms with Crippen LogP contribution >= 0.6 is 11.3 Å². The fraction of sp³-hybridized carbons (Fsp3) is 0.400. The summed E-state index contributed by atoms with van der Waals surface area (Å²) in [4.78, 5) is 4.64. The van der Waals surface area contributed by atoms with E-state index in [4.69, 9.17) is 4.74 Å². The summed E-state index contributed by atoms with van der Waals surface area (Å²) >= 11 is 1.49. The van der Waals surface area contributed by atoms with Gasteiger partial charge in [-0.05, 0) is 18.1 Å². The zero-order valence-corrected chi connectivity index (χ0v) is 13.9. The van der Waals surface area contributed by atoms with Crippen LogP contribution in [0.5, 0.6) is 0 Å². The largest absolute Gasteiger partial charge is 0.368 e. The molecule has 0 radical (unpaired) electrons. The smallest absolute Gasteiger partial charge is 0.243 e. The molecule has 2 aromatic rings. The fourth-order valence-electron chi connectivity index (χ4n) is 2.57. The van der Waals surface area contributed by atoms with Crippen molar-refractivity contribution in [3.05, 3.63) is 46.4 Å². The van der Waals surface area contributed by atoms with Crippen LogP contribution in [0, 0.1) is 0 Å². The van der Waals surface area contributed by atoms with Crippen LogP contribution in [-0.2, 0) is 21.2 Å². The van der Waals surface area contributed by atoms with E-state index in [9.17, 15) is 8.42 Å². The first-order valence-corrected chi connectivity index (χ1v) is 9.54. The number of thiazole rings is 1. The number of aryl methyl sites for hydroxylation is 1. The lowest BCUT2D eigenvalue weighted by Crippen LogP contribution is -2.42. The van der Waals surface area contributed by atoms with Crippen LogP contribution in [-0.4, -0.2) is 37.4 Å². The van der Waals surface area contributed by atoms with Crippen molar-refractivity contribution in [2.75, 3.05) is 19.7 Å². The molecule has 2 heterocycles. The van der Waals surface area contributed by atoms with Crippen LogP contribution in [0.15, 0.2) is 40.7 Å². The molecule has 118 valence electrons. The molecule has 1 aliphatic rings. The third kappa shape index (κ3) is 2.94. The Hall–Kier alpha value is -1.28. The number of rotatable bonds is 4. The van der Waals surface area contributed by atoms with E-state index in [2.05, 4.69) is 4.98 Å². The van der Waals surface area contributed by atoms with Gasteiger partial charge in [-0.2, -0.15) is 4.31 Å². The molecular weight excluding hydrogens is 320 g/mol. The Morgan fingerprint density at radius 3 is 2.95 bits per heavy atom. The topological polar surface area (TPSA) is 59.5 Å². The van der Waals surface area contributed by atoms with Crippen molar-refractivity contribution in [2.45, 2.75) is 24.3 Å². The van der Waals surface area contributed by atoms with E-state index in [0.29, 0.717) is 31.0 Å². The molecule has 1 fully saturated rings. The number of sulfonamides is 1. The number of morpholine rings is 1. The SMILES string of the molecule is CCc1ccccc1S(=O)(=O)N1CCO[C@@H](c2nccs2)C1. The monoisotopic (exact) mass is 338 g/mol. The van der Waals surface area contributed by atoms with Crippen LogP contribution in [0.2, 0.25) is 0 Å². The minimum Gasteiger partial charge on any atom is -0.368 e. The molecule has 5 nitrogen and oxygen atoms in total. The highest BCUT2D eigenvalue weighted by Gasteiger charge is 2.33. The Kier molecular flexibility index (Phi) is 4.58. The second-order valence-electron chi connectivity index (χ2n) is 5.05. The lowest BCUT2D eigenvalue weighted by atomic mass is 10.2. The normalized spacial score (nSPS) is 20.1. The Morgan fingerprint density at radius 1 is 1.41 bits per heavy atom. The van der Waals surface area contributed by atoms with E-state index in [1.54, 1.807) is 18.3 Å². The van der Waals surface area contributed by atoms with Crippen molar-refractivity contribution in [1.29, 1.82) is 0 Å². The number of aromatic nitrogens is 1. The minimum atomic E-state index is -3.50. The van der Waals surface area contributed by atoms with Gasteiger partial charge in [0.2, 0.25) is 10.0 Å². The zero-order valence-electron chi connectivity index (χ0n) is 12.3. The summed E-state index contributed by atoms with van der Waals surface area (Å²) in [6.07, 6.45) is 2.12. The van der Waals surface area contributed by atoms with Crippen LogP contribution in [0.3, 0.4) is 0 Å².